The van der Waals surface area contributed by atoms with Crippen molar-refractivity contribution in [1.82, 2.24) is 10.0 Å². The minimum atomic E-state index is -3.46. The summed E-state index contributed by atoms with van der Waals surface area (Å²) in [5.41, 5.74) is 0. The lowest BCUT2D eigenvalue weighted by Gasteiger charge is -2.00. The number of rotatable bonds is 5. The summed E-state index contributed by atoms with van der Waals surface area (Å²) in [7, 11) is -2.09. The van der Waals surface area contributed by atoms with E-state index in [2.05, 4.69) is 17.0 Å². The summed E-state index contributed by atoms with van der Waals surface area (Å²) in [4.78, 5) is 0. The van der Waals surface area contributed by atoms with E-state index in [9.17, 15) is 8.42 Å². The smallest absolute Gasteiger partial charge is 0.273 e. The third-order valence-electron chi connectivity index (χ3n) is 2.82. The predicted molar refractivity (Wildman–Crippen MR) is 59.4 cm³/mol. The molecule has 0 radical (unpaired) electrons. The second-order valence-electron chi connectivity index (χ2n) is 4.13. The molecule has 1 heterocycles. The van der Waals surface area contributed by atoms with E-state index < -0.39 is 10.0 Å². The van der Waals surface area contributed by atoms with Gasteiger partial charge in [0.05, 0.1) is 6.54 Å². The maximum absolute atomic E-state index is 11.4. The highest BCUT2D eigenvalue weighted by Gasteiger charge is 2.31. The van der Waals surface area contributed by atoms with Crippen LogP contribution in [0, 0.1) is 5.92 Å². The summed E-state index contributed by atoms with van der Waals surface area (Å²) in [6.07, 6.45) is 1.18. The van der Waals surface area contributed by atoms with Crippen LogP contribution >= 0.6 is 0 Å². The quantitative estimate of drug-likeness (QED) is 0.799. The van der Waals surface area contributed by atoms with E-state index >= 15 is 0 Å². The molecule has 5 nitrogen and oxygen atoms in total. The highest BCUT2D eigenvalue weighted by Crippen LogP contribution is 2.29. The van der Waals surface area contributed by atoms with Crippen LogP contribution in [0.3, 0.4) is 0 Å². The van der Waals surface area contributed by atoms with Gasteiger partial charge in [0.1, 0.15) is 5.76 Å². The third kappa shape index (κ3) is 2.45. The summed E-state index contributed by atoms with van der Waals surface area (Å²) < 4.78 is 30.2. The van der Waals surface area contributed by atoms with Crippen molar-refractivity contribution in [3.63, 3.8) is 0 Å². The van der Waals surface area contributed by atoms with Gasteiger partial charge in [0.15, 0.2) is 0 Å². The molecule has 2 N–H and O–H groups in total. The lowest BCUT2D eigenvalue weighted by Crippen LogP contribution is -2.18. The van der Waals surface area contributed by atoms with E-state index in [-0.39, 0.29) is 5.09 Å². The van der Waals surface area contributed by atoms with E-state index in [0.29, 0.717) is 18.3 Å². The van der Waals surface area contributed by atoms with Gasteiger partial charge in [-0.25, -0.2) is 13.1 Å². The fraction of sp³-hybridized carbons (Fsp3) is 0.600. The molecule has 0 aliphatic heterocycles. The van der Waals surface area contributed by atoms with Crippen LogP contribution in [0.4, 0.5) is 0 Å². The van der Waals surface area contributed by atoms with E-state index in [1.165, 1.54) is 19.5 Å². The molecular weight excluding hydrogens is 228 g/mol. The highest BCUT2D eigenvalue weighted by molar-refractivity contribution is 7.89. The molecule has 1 aromatic rings. The normalized spacial score (nSPS) is 24.6. The Kier molecular flexibility index (Phi) is 3.05. The molecule has 0 saturated heterocycles. The third-order valence-corrected chi connectivity index (χ3v) is 4.11. The standard InChI is InChI=1S/C10H16N2O3S/c1-7-5-9(7)12-6-8-3-4-10(15-8)16(13,14)11-2/h3-4,7,9,11-12H,5-6H2,1-2H3. The Balaban J connectivity index is 1.97. The van der Waals surface area contributed by atoms with Crippen LogP contribution in [0.1, 0.15) is 19.1 Å². The van der Waals surface area contributed by atoms with E-state index in [1.807, 2.05) is 0 Å². The summed E-state index contributed by atoms with van der Waals surface area (Å²) in [6, 6.07) is 3.71. The van der Waals surface area contributed by atoms with Crippen molar-refractivity contribution in [2.45, 2.75) is 31.0 Å². The van der Waals surface area contributed by atoms with Crippen molar-refractivity contribution < 1.29 is 12.8 Å². The SMILES string of the molecule is CNS(=O)(=O)c1ccc(CNC2CC2C)o1. The van der Waals surface area contributed by atoms with Crippen LogP contribution in [-0.4, -0.2) is 21.5 Å². The van der Waals surface area contributed by atoms with Gasteiger partial charge >= 0.3 is 0 Å². The second-order valence-corrected chi connectivity index (χ2v) is 5.95. The first-order valence-corrected chi connectivity index (χ1v) is 6.77. The van der Waals surface area contributed by atoms with Gasteiger partial charge in [0.2, 0.25) is 5.09 Å². The summed E-state index contributed by atoms with van der Waals surface area (Å²) in [5.74, 6) is 1.36. The van der Waals surface area contributed by atoms with Crippen LogP contribution in [0.25, 0.3) is 0 Å². The number of nitrogens with one attached hydrogen (secondary N) is 2. The summed E-state index contributed by atoms with van der Waals surface area (Å²) >= 11 is 0. The van der Waals surface area contributed by atoms with Crippen molar-refractivity contribution in [3.8, 4) is 0 Å². The zero-order valence-corrected chi connectivity index (χ0v) is 10.2. The van der Waals surface area contributed by atoms with Crippen molar-refractivity contribution in [2.75, 3.05) is 7.05 Å². The molecule has 90 valence electrons. The first-order valence-electron chi connectivity index (χ1n) is 5.28. The molecule has 0 spiro atoms. The Hall–Kier alpha value is -0.850. The Labute approximate surface area is 95.3 Å². The summed E-state index contributed by atoms with van der Waals surface area (Å²) in [6.45, 7) is 2.75. The van der Waals surface area contributed by atoms with Gasteiger partial charge < -0.3 is 9.73 Å². The first kappa shape index (κ1) is 11.6. The number of hydrogen-bond acceptors (Lipinski definition) is 4. The topological polar surface area (TPSA) is 71.3 Å². The average Bonchev–Trinajstić information content (AvgIpc) is 2.78. The maximum Gasteiger partial charge on any atom is 0.273 e. The minimum absolute atomic E-state index is 0.0318. The Morgan fingerprint density at radius 1 is 1.50 bits per heavy atom. The first-order chi connectivity index (χ1) is 7.53. The molecule has 1 aliphatic carbocycles. The molecule has 1 fully saturated rings. The molecule has 6 heteroatoms. The van der Waals surface area contributed by atoms with E-state index in [4.69, 9.17) is 4.42 Å². The Morgan fingerprint density at radius 3 is 2.75 bits per heavy atom. The van der Waals surface area contributed by atoms with Crippen molar-refractivity contribution in [3.05, 3.63) is 17.9 Å². The number of sulfonamides is 1. The monoisotopic (exact) mass is 244 g/mol. The Morgan fingerprint density at radius 2 is 2.19 bits per heavy atom. The second kappa shape index (κ2) is 4.20. The maximum atomic E-state index is 11.4. The van der Waals surface area contributed by atoms with Crippen LogP contribution in [0.2, 0.25) is 0 Å². The Bertz CT molecular complexity index is 466. The average molecular weight is 244 g/mol. The lowest BCUT2D eigenvalue weighted by molar-refractivity contribution is 0.399. The van der Waals surface area contributed by atoms with Crippen molar-refractivity contribution >= 4 is 10.0 Å². The molecular formula is C10H16N2O3S. The highest BCUT2D eigenvalue weighted by atomic mass is 32.2. The van der Waals surface area contributed by atoms with Gasteiger partial charge in [-0.2, -0.15) is 0 Å². The molecule has 2 rings (SSSR count). The zero-order chi connectivity index (χ0) is 11.8. The van der Waals surface area contributed by atoms with Gasteiger partial charge in [0, 0.05) is 6.04 Å². The molecule has 2 unspecified atom stereocenters. The van der Waals surface area contributed by atoms with Gasteiger partial charge in [-0.3, -0.25) is 0 Å². The largest absolute Gasteiger partial charge is 0.447 e. The van der Waals surface area contributed by atoms with Gasteiger partial charge in [0.25, 0.3) is 10.0 Å². The van der Waals surface area contributed by atoms with Crippen LogP contribution in [0.15, 0.2) is 21.6 Å². The zero-order valence-electron chi connectivity index (χ0n) is 9.36. The van der Waals surface area contributed by atoms with Crippen molar-refractivity contribution in [1.29, 1.82) is 0 Å². The summed E-state index contributed by atoms with van der Waals surface area (Å²) in [5, 5.41) is 3.26. The van der Waals surface area contributed by atoms with Crippen LogP contribution < -0.4 is 10.0 Å². The van der Waals surface area contributed by atoms with Crippen LogP contribution in [-0.2, 0) is 16.6 Å². The molecule has 1 aromatic heterocycles. The van der Waals surface area contributed by atoms with Gasteiger partial charge in [-0.05, 0) is 31.5 Å². The predicted octanol–water partition coefficient (Wildman–Crippen LogP) is 0.686. The number of furan rings is 1. The minimum Gasteiger partial charge on any atom is -0.447 e. The molecule has 2 atom stereocenters. The fourth-order valence-corrected chi connectivity index (χ4v) is 2.20. The molecule has 1 aliphatic rings. The van der Waals surface area contributed by atoms with E-state index in [1.54, 1.807) is 6.07 Å². The molecule has 0 aromatic carbocycles. The van der Waals surface area contributed by atoms with Gasteiger partial charge in [-0.1, -0.05) is 6.92 Å². The van der Waals surface area contributed by atoms with Crippen molar-refractivity contribution in [2.24, 2.45) is 5.92 Å². The molecule has 0 bridgehead atoms. The fourth-order valence-electron chi connectivity index (χ4n) is 1.54. The molecule has 1 saturated carbocycles. The van der Waals surface area contributed by atoms with E-state index in [0.717, 1.165) is 5.92 Å². The number of hydrogen-bond donors (Lipinski definition) is 2. The lowest BCUT2D eigenvalue weighted by atomic mass is 10.4. The van der Waals surface area contributed by atoms with Gasteiger partial charge in [-0.15, -0.1) is 0 Å². The molecule has 16 heavy (non-hydrogen) atoms. The molecule has 0 amide bonds. The van der Waals surface area contributed by atoms with Crippen LogP contribution in [0.5, 0.6) is 0 Å².